The molecule has 1 aromatic carbocycles. The zero-order valence-corrected chi connectivity index (χ0v) is 11.7. The van der Waals surface area contributed by atoms with E-state index in [1.54, 1.807) is 0 Å². The van der Waals surface area contributed by atoms with Crippen molar-refractivity contribution < 1.29 is 9.63 Å². The number of aliphatic hydroxyl groups is 1. The number of nitrogens with zero attached hydrogens (tertiary/aromatic N) is 2. The third kappa shape index (κ3) is 3.40. The minimum absolute atomic E-state index is 0.409. The van der Waals surface area contributed by atoms with Crippen LogP contribution in [0.2, 0.25) is 0 Å². The van der Waals surface area contributed by atoms with Crippen LogP contribution in [-0.2, 0) is 6.42 Å². The summed E-state index contributed by atoms with van der Waals surface area (Å²) in [6, 6.07) is 7.69. The minimum Gasteiger partial charge on any atom is -0.393 e. The first-order valence-electron chi connectivity index (χ1n) is 5.95. The predicted octanol–water partition coefficient (Wildman–Crippen LogP) is 3.20. The fraction of sp³-hybridized carbons (Fsp3) is 0.385. The summed E-state index contributed by atoms with van der Waals surface area (Å²) in [7, 11) is 0. The molecule has 0 fully saturated rings. The quantitative estimate of drug-likeness (QED) is 0.921. The highest BCUT2D eigenvalue weighted by Gasteiger charge is 2.12. The smallest absolute Gasteiger partial charge is 0.229 e. The molecule has 0 spiro atoms. The van der Waals surface area contributed by atoms with E-state index in [9.17, 15) is 5.11 Å². The summed E-state index contributed by atoms with van der Waals surface area (Å²) >= 11 is 3.38. The van der Waals surface area contributed by atoms with Crippen molar-refractivity contribution in [3.05, 3.63) is 34.6 Å². The van der Waals surface area contributed by atoms with Crippen LogP contribution in [-0.4, -0.2) is 21.4 Å². The first kappa shape index (κ1) is 13.2. The van der Waals surface area contributed by atoms with Crippen LogP contribution >= 0.6 is 15.9 Å². The normalized spacial score (nSPS) is 12.6. The van der Waals surface area contributed by atoms with Gasteiger partial charge in [-0.3, -0.25) is 0 Å². The second kappa shape index (κ2) is 6.11. The van der Waals surface area contributed by atoms with E-state index in [4.69, 9.17) is 4.52 Å². The molecule has 1 heterocycles. The lowest BCUT2D eigenvalue weighted by Crippen LogP contribution is -2.09. The van der Waals surface area contributed by atoms with Crippen molar-refractivity contribution in [2.45, 2.75) is 32.3 Å². The van der Waals surface area contributed by atoms with Gasteiger partial charge in [-0.25, -0.2) is 0 Å². The predicted molar refractivity (Wildman–Crippen MR) is 72.1 cm³/mol. The summed E-state index contributed by atoms with van der Waals surface area (Å²) in [5.41, 5.74) is 0.901. The molecular weight excluding hydrogens is 296 g/mol. The molecule has 1 N–H and O–H groups in total. The zero-order valence-electron chi connectivity index (χ0n) is 10.1. The van der Waals surface area contributed by atoms with Gasteiger partial charge < -0.3 is 9.63 Å². The van der Waals surface area contributed by atoms with E-state index in [1.807, 2.05) is 31.2 Å². The molecule has 0 amide bonds. The number of aromatic nitrogens is 2. The van der Waals surface area contributed by atoms with E-state index >= 15 is 0 Å². The first-order valence-corrected chi connectivity index (χ1v) is 6.75. The van der Waals surface area contributed by atoms with E-state index in [-0.39, 0.29) is 0 Å². The summed E-state index contributed by atoms with van der Waals surface area (Å²) in [4.78, 5) is 4.28. The molecule has 4 nitrogen and oxygen atoms in total. The number of hydrogen-bond acceptors (Lipinski definition) is 4. The van der Waals surface area contributed by atoms with Crippen LogP contribution in [0.3, 0.4) is 0 Å². The summed E-state index contributed by atoms with van der Waals surface area (Å²) in [6.07, 6.45) is 1.69. The van der Waals surface area contributed by atoms with Gasteiger partial charge in [-0.05, 0) is 30.7 Å². The lowest BCUT2D eigenvalue weighted by molar-refractivity contribution is 0.152. The Morgan fingerprint density at radius 3 is 2.72 bits per heavy atom. The molecule has 1 unspecified atom stereocenters. The van der Waals surface area contributed by atoms with Crippen LogP contribution in [0.4, 0.5) is 0 Å². The van der Waals surface area contributed by atoms with E-state index < -0.39 is 6.10 Å². The lowest BCUT2D eigenvalue weighted by atomic mass is 10.1. The number of hydrogen-bond donors (Lipinski definition) is 1. The SMILES string of the molecule is CCCC(O)Cc1nc(-c2ccc(Br)cc2)no1. The van der Waals surface area contributed by atoms with Crippen LogP contribution in [0, 0.1) is 0 Å². The highest BCUT2D eigenvalue weighted by Crippen LogP contribution is 2.19. The highest BCUT2D eigenvalue weighted by atomic mass is 79.9. The molecule has 1 atom stereocenters. The maximum Gasteiger partial charge on any atom is 0.229 e. The molecule has 0 saturated heterocycles. The van der Waals surface area contributed by atoms with Crippen LogP contribution in [0.25, 0.3) is 11.4 Å². The van der Waals surface area contributed by atoms with Crippen molar-refractivity contribution in [2.75, 3.05) is 0 Å². The molecule has 2 aromatic rings. The Hall–Kier alpha value is -1.20. The highest BCUT2D eigenvalue weighted by molar-refractivity contribution is 9.10. The van der Waals surface area contributed by atoms with Crippen molar-refractivity contribution in [3.63, 3.8) is 0 Å². The average Bonchev–Trinajstić information content (AvgIpc) is 2.78. The van der Waals surface area contributed by atoms with Gasteiger partial charge >= 0.3 is 0 Å². The van der Waals surface area contributed by atoms with Gasteiger partial charge in [-0.15, -0.1) is 0 Å². The topological polar surface area (TPSA) is 59.2 Å². The van der Waals surface area contributed by atoms with E-state index in [2.05, 4.69) is 26.1 Å². The molecule has 5 heteroatoms. The maximum absolute atomic E-state index is 9.68. The van der Waals surface area contributed by atoms with Crippen LogP contribution in [0.5, 0.6) is 0 Å². The molecule has 0 aliphatic rings. The lowest BCUT2D eigenvalue weighted by Gasteiger charge is -2.03. The van der Waals surface area contributed by atoms with Gasteiger partial charge in [0.05, 0.1) is 12.5 Å². The van der Waals surface area contributed by atoms with Crippen molar-refractivity contribution in [2.24, 2.45) is 0 Å². The van der Waals surface area contributed by atoms with Crippen molar-refractivity contribution in [3.8, 4) is 11.4 Å². The maximum atomic E-state index is 9.68. The van der Waals surface area contributed by atoms with Gasteiger partial charge in [0.2, 0.25) is 11.7 Å². The van der Waals surface area contributed by atoms with Crippen LogP contribution < -0.4 is 0 Å². The molecule has 96 valence electrons. The molecule has 1 aromatic heterocycles. The van der Waals surface area contributed by atoms with Crippen molar-refractivity contribution in [1.82, 2.24) is 10.1 Å². The van der Waals surface area contributed by atoms with Crippen LogP contribution in [0.15, 0.2) is 33.3 Å². The summed E-state index contributed by atoms with van der Waals surface area (Å²) in [6.45, 7) is 2.03. The molecule has 18 heavy (non-hydrogen) atoms. The van der Waals surface area contributed by atoms with Gasteiger partial charge in [-0.1, -0.05) is 34.4 Å². The number of halogens is 1. The second-order valence-corrected chi connectivity index (χ2v) is 5.08. The summed E-state index contributed by atoms with van der Waals surface area (Å²) < 4.78 is 6.14. The fourth-order valence-electron chi connectivity index (χ4n) is 1.69. The van der Waals surface area contributed by atoms with Gasteiger partial charge in [0.15, 0.2) is 0 Å². The second-order valence-electron chi connectivity index (χ2n) is 4.17. The van der Waals surface area contributed by atoms with E-state index in [1.165, 1.54) is 0 Å². The standard InChI is InChI=1S/C13H15BrN2O2/c1-2-3-11(17)8-12-15-13(16-18-12)9-4-6-10(14)7-5-9/h4-7,11,17H,2-3,8H2,1H3. The van der Waals surface area contributed by atoms with Gasteiger partial charge in [0.1, 0.15) is 0 Å². The van der Waals surface area contributed by atoms with Crippen LogP contribution in [0.1, 0.15) is 25.7 Å². The Balaban J connectivity index is 2.08. The van der Waals surface area contributed by atoms with Gasteiger partial charge in [0, 0.05) is 10.0 Å². The summed E-state index contributed by atoms with van der Waals surface area (Å²) in [5.74, 6) is 1.04. The Kier molecular flexibility index (Phi) is 4.49. The van der Waals surface area contributed by atoms with Gasteiger partial charge in [0.25, 0.3) is 0 Å². The number of benzene rings is 1. The Labute approximate surface area is 114 Å². The molecule has 0 aliphatic carbocycles. The molecule has 0 bridgehead atoms. The molecule has 0 aliphatic heterocycles. The Morgan fingerprint density at radius 1 is 1.33 bits per heavy atom. The van der Waals surface area contributed by atoms with Crippen molar-refractivity contribution >= 4 is 15.9 Å². The fourth-order valence-corrected chi connectivity index (χ4v) is 1.96. The number of aliphatic hydroxyl groups excluding tert-OH is 1. The molecule has 0 saturated carbocycles. The van der Waals surface area contributed by atoms with E-state index in [0.717, 1.165) is 22.9 Å². The minimum atomic E-state index is -0.409. The Bertz CT molecular complexity index is 496. The largest absolute Gasteiger partial charge is 0.393 e. The molecule has 2 rings (SSSR count). The summed E-state index contributed by atoms with van der Waals surface area (Å²) in [5, 5.41) is 13.6. The third-order valence-corrected chi connectivity index (χ3v) is 3.13. The third-order valence-electron chi connectivity index (χ3n) is 2.60. The Morgan fingerprint density at radius 2 is 2.06 bits per heavy atom. The van der Waals surface area contributed by atoms with Crippen molar-refractivity contribution in [1.29, 1.82) is 0 Å². The first-order chi connectivity index (χ1) is 8.69. The van der Waals surface area contributed by atoms with E-state index in [0.29, 0.717) is 18.1 Å². The molecular formula is C13H15BrN2O2. The monoisotopic (exact) mass is 310 g/mol. The average molecular weight is 311 g/mol. The molecule has 0 radical (unpaired) electrons. The zero-order chi connectivity index (χ0) is 13.0. The number of rotatable bonds is 5. The van der Waals surface area contributed by atoms with Gasteiger partial charge in [-0.2, -0.15) is 4.98 Å².